The first-order valence-electron chi connectivity index (χ1n) is 12.4. The third kappa shape index (κ3) is 7.82. The Labute approximate surface area is 215 Å². The molecule has 2 heterocycles. The van der Waals surface area contributed by atoms with Crippen LogP contribution in [0.25, 0.3) is 0 Å². The summed E-state index contributed by atoms with van der Waals surface area (Å²) >= 11 is 0. The van der Waals surface area contributed by atoms with Crippen LogP contribution in [0.3, 0.4) is 0 Å². The van der Waals surface area contributed by atoms with Gasteiger partial charge < -0.3 is 20.3 Å². The molecule has 0 bridgehead atoms. The molecular weight excluding hydrogens is 529 g/mol. The fraction of sp³-hybridized carbons (Fsp3) is 0.680. The third-order valence-electron chi connectivity index (χ3n) is 6.99. The van der Waals surface area contributed by atoms with Crippen LogP contribution in [0.2, 0.25) is 0 Å². The van der Waals surface area contributed by atoms with E-state index in [1.54, 1.807) is 0 Å². The van der Waals surface area contributed by atoms with Crippen LogP contribution < -0.4 is 10.6 Å². The highest BCUT2D eigenvalue weighted by molar-refractivity contribution is 14.0. The molecule has 0 aromatic heterocycles. The second-order valence-electron chi connectivity index (χ2n) is 9.33. The number of rotatable bonds is 7. The van der Waals surface area contributed by atoms with Crippen LogP contribution in [0.15, 0.2) is 29.3 Å². The predicted octanol–water partition coefficient (Wildman–Crippen LogP) is 3.55. The number of hydrogen-bond donors (Lipinski definition) is 2. The average Bonchev–Trinajstić information content (AvgIpc) is 3.25. The molecule has 2 saturated heterocycles. The van der Waals surface area contributed by atoms with Gasteiger partial charge in [-0.15, -0.1) is 24.0 Å². The van der Waals surface area contributed by atoms with Crippen LogP contribution in [0.1, 0.15) is 44.6 Å². The average molecular weight is 570 g/mol. The van der Waals surface area contributed by atoms with E-state index in [2.05, 4.69) is 33.4 Å². The van der Waals surface area contributed by atoms with Crippen molar-refractivity contribution in [1.29, 1.82) is 0 Å². The topological polar surface area (TPSA) is 69.2 Å². The standard InChI is InChI=1S/C25H39N5O2.HI/c1-2-26-25(30-18-21-7-3-4-8-22(21)19-30)27-17-20-6-5-9-23(16-20)28-24(31)10-11-29-12-14-32-15-13-29;/h5-6,9,16,21-22H,2-4,7-8,10-15,17-19H2,1H3,(H,26,27)(H,28,31);1H. The fourth-order valence-electron chi connectivity index (χ4n) is 5.23. The summed E-state index contributed by atoms with van der Waals surface area (Å²) in [6, 6.07) is 8.08. The number of hydrogen-bond acceptors (Lipinski definition) is 4. The lowest BCUT2D eigenvalue weighted by Gasteiger charge is -2.26. The zero-order valence-electron chi connectivity index (χ0n) is 19.9. The Balaban J connectivity index is 0.00000306. The number of halogens is 1. The van der Waals surface area contributed by atoms with Crippen molar-refractivity contribution in [3.63, 3.8) is 0 Å². The number of aliphatic imine (C=N–C) groups is 1. The van der Waals surface area contributed by atoms with Crippen molar-refractivity contribution in [2.24, 2.45) is 16.8 Å². The highest BCUT2D eigenvalue weighted by Gasteiger charge is 2.35. The number of guanidine groups is 1. The van der Waals surface area contributed by atoms with Crippen molar-refractivity contribution < 1.29 is 9.53 Å². The van der Waals surface area contributed by atoms with Crippen LogP contribution in [-0.2, 0) is 16.1 Å². The van der Waals surface area contributed by atoms with Gasteiger partial charge in [0.05, 0.1) is 19.8 Å². The van der Waals surface area contributed by atoms with E-state index < -0.39 is 0 Å². The van der Waals surface area contributed by atoms with Crippen LogP contribution in [0.4, 0.5) is 5.69 Å². The highest BCUT2D eigenvalue weighted by atomic mass is 127. The number of amides is 1. The minimum absolute atomic E-state index is 0. The molecule has 7 nitrogen and oxygen atoms in total. The molecule has 3 aliphatic rings. The summed E-state index contributed by atoms with van der Waals surface area (Å²) < 4.78 is 5.37. The van der Waals surface area contributed by atoms with E-state index >= 15 is 0 Å². The van der Waals surface area contributed by atoms with E-state index in [0.29, 0.717) is 13.0 Å². The molecule has 2 unspecified atom stereocenters. The molecule has 2 N–H and O–H groups in total. The highest BCUT2D eigenvalue weighted by Crippen LogP contribution is 2.36. The number of carbonyl (C=O) groups is 1. The molecule has 1 amide bonds. The number of benzene rings is 1. The summed E-state index contributed by atoms with van der Waals surface area (Å²) in [7, 11) is 0. The summed E-state index contributed by atoms with van der Waals surface area (Å²) in [6.07, 6.45) is 6.01. The molecule has 33 heavy (non-hydrogen) atoms. The summed E-state index contributed by atoms with van der Waals surface area (Å²) in [5.74, 6) is 2.76. The van der Waals surface area contributed by atoms with Crippen molar-refractivity contribution in [3.05, 3.63) is 29.8 Å². The zero-order chi connectivity index (χ0) is 22.2. The van der Waals surface area contributed by atoms with Gasteiger partial charge in [0, 0.05) is 51.4 Å². The summed E-state index contributed by atoms with van der Waals surface area (Å²) in [5.41, 5.74) is 1.96. The van der Waals surface area contributed by atoms with Gasteiger partial charge in [-0.05, 0) is 49.3 Å². The number of nitrogens with zero attached hydrogens (tertiary/aromatic N) is 3. The molecule has 1 saturated carbocycles. The first-order valence-corrected chi connectivity index (χ1v) is 12.4. The van der Waals surface area contributed by atoms with Gasteiger partial charge in [0.25, 0.3) is 0 Å². The molecule has 0 radical (unpaired) electrons. The van der Waals surface area contributed by atoms with Gasteiger partial charge >= 0.3 is 0 Å². The van der Waals surface area contributed by atoms with Crippen LogP contribution in [0, 0.1) is 11.8 Å². The Hall–Kier alpha value is -1.39. The number of anilines is 1. The van der Waals surface area contributed by atoms with Crippen molar-refractivity contribution in [2.45, 2.75) is 45.6 Å². The number of nitrogens with one attached hydrogen (secondary N) is 2. The lowest BCUT2D eigenvalue weighted by atomic mass is 9.82. The molecule has 2 atom stereocenters. The first kappa shape index (κ1) is 26.2. The van der Waals surface area contributed by atoms with Gasteiger partial charge in [0.2, 0.25) is 5.91 Å². The maximum absolute atomic E-state index is 12.4. The lowest BCUT2D eigenvalue weighted by Crippen LogP contribution is -2.40. The largest absolute Gasteiger partial charge is 0.379 e. The summed E-state index contributed by atoms with van der Waals surface area (Å²) in [5, 5.41) is 6.54. The summed E-state index contributed by atoms with van der Waals surface area (Å²) in [4.78, 5) is 22.1. The van der Waals surface area contributed by atoms with Crippen LogP contribution >= 0.6 is 24.0 Å². The number of likely N-dealkylation sites (tertiary alicyclic amines) is 1. The van der Waals surface area contributed by atoms with Gasteiger partial charge in [-0.25, -0.2) is 4.99 Å². The van der Waals surface area contributed by atoms with Crippen molar-refractivity contribution in [1.82, 2.24) is 15.1 Å². The fourth-order valence-corrected chi connectivity index (χ4v) is 5.23. The minimum atomic E-state index is 0. The van der Waals surface area contributed by atoms with E-state index in [-0.39, 0.29) is 29.9 Å². The van der Waals surface area contributed by atoms with Gasteiger partial charge in [0.15, 0.2) is 5.96 Å². The second-order valence-corrected chi connectivity index (χ2v) is 9.33. The van der Waals surface area contributed by atoms with Crippen molar-refractivity contribution in [2.75, 3.05) is 57.8 Å². The predicted molar refractivity (Wildman–Crippen MR) is 144 cm³/mol. The quantitative estimate of drug-likeness (QED) is 0.299. The van der Waals surface area contributed by atoms with Crippen molar-refractivity contribution in [3.8, 4) is 0 Å². The first-order chi connectivity index (χ1) is 15.7. The Kier molecular flexibility index (Phi) is 10.7. The molecule has 1 aliphatic carbocycles. The molecule has 0 spiro atoms. The third-order valence-corrected chi connectivity index (χ3v) is 6.99. The van der Waals surface area contributed by atoms with Crippen LogP contribution in [0.5, 0.6) is 0 Å². The van der Waals surface area contributed by atoms with E-state index in [9.17, 15) is 4.79 Å². The smallest absolute Gasteiger partial charge is 0.225 e. The molecule has 4 rings (SSSR count). The molecule has 8 heteroatoms. The zero-order valence-corrected chi connectivity index (χ0v) is 22.3. The van der Waals surface area contributed by atoms with Gasteiger partial charge in [-0.2, -0.15) is 0 Å². The van der Waals surface area contributed by atoms with E-state index in [0.717, 1.165) is 81.5 Å². The van der Waals surface area contributed by atoms with Gasteiger partial charge in [-0.1, -0.05) is 25.0 Å². The Bertz CT molecular complexity index is 770. The number of carbonyl (C=O) groups excluding carboxylic acids is 1. The summed E-state index contributed by atoms with van der Waals surface area (Å²) in [6.45, 7) is 10.0. The monoisotopic (exact) mass is 569 g/mol. The van der Waals surface area contributed by atoms with Gasteiger partial charge in [-0.3, -0.25) is 9.69 Å². The van der Waals surface area contributed by atoms with E-state index in [1.807, 2.05) is 18.2 Å². The molecule has 1 aromatic carbocycles. The Morgan fingerprint density at radius 1 is 1.15 bits per heavy atom. The molecule has 3 fully saturated rings. The second kappa shape index (κ2) is 13.5. The number of fused-ring (bicyclic) bond motifs is 1. The Morgan fingerprint density at radius 3 is 2.58 bits per heavy atom. The normalized spacial score (nSPS) is 23.5. The lowest BCUT2D eigenvalue weighted by molar-refractivity contribution is -0.116. The maximum Gasteiger partial charge on any atom is 0.225 e. The molecule has 2 aliphatic heterocycles. The molecule has 184 valence electrons. The van der Waals surface area contributed by atoms with Gasteiger partial charge in [0.1, 0.15) is 0 Å². The minimum Gasteiger partial charge on any atom is -0.379 e. The molecular formula is C25H40IN5O2. The van der Waals surface area contributed by atoms with Crippen LogP contribution in [-0.4, -0.2) is 74.1 Å². The molecule has 1 aromatic rings. The van der Waals surface area contributed by atoms with Crippen molar-refractivity contribution >= 4 is 41.5 Å². The Morgan fingerprint density at radius 2 is 1.88 bits per heavy atom. The SMILES string of the molecule is CCNC(=NCc1cccc(NC(=O)CCN2CCOCC2)c1)N1CC2CCCCC2C1.I. The number of ether oxygens (including phenoxy) is 1. The maximum atomic E-state index is 12.4. The van der Waals surface area contributed by atoms with E-state index in [4.69, 9.17) is 9.73 Å². The van der Waals surface area contributed by atoms with E-state index in [1.165, 1.54) is 25.7 Å². The number of morpholine rings is 1.